The summed E-state index contributed by atoms with van der Waals surface area (Å²) in [5.74, 6) is -3.76. The van der Waals surface area contributed by atoms with Crippen molar-refractivity contribution in [2.24, 2.45) is 11.8 Å². The second-order valence-corrected chi connectivity index (χ2v) is 14.3. The van der Waals surface area contributed by atoms with Crippen LogP contribution in [0.5, 0.6) is 0 Å². The van der Waals surface area contributed by atoms with Crippen LogP contribution in [0.3, 0.4) is 0 Å². The average Bonchev–Trinajstić information content (AvgIpc) is 3.82. The monoisotopic (exact) mass is 924 g/mol. The number of carboxylic acid groups (broad SMARTS) is 6. The Bertz CT molecular complexity index is 1990. The molecule has 6 rings (SSSR count). The van der Waals surface area contributed by atoms with Crippen molar-refractivity contribution in [1.82, 2.24) is 39.7 Å². The highest BCUT2D eigenvalue weighted by molar-refractivity contribution is 5.90. The highest BCUT2D eigenvalue weighted by Gasteiger charge is 2.20. The van der Waals surface area contributed by atoms with Crippen LogP contribution in [-0.4, -0.2) is 148 Å². The first-order valence-corrected chi connectivity index (χ1v) is 21.2. The van der Waals surface area contributed by atoms with Crippen molar-refractivity contribution in [3.8, 4) is 0 Å². The van der Waals surface area contributed by atoms with Gasteiger partial charge < -0.3 is 59.9 Å². The summed E-state index contributed by atoms with van der Waals surface area (Å²) >= 11 is 0. The van der Waals surface area contributed by atoms with Crippen LogP contribution in [0.2, 0.25) is 0 Å². The molecule has 2 aliphatic rings. The third-order valence-electron chi connectivity index (χ3n) is 9.46. The smallest absolute Gasteiger partial charge is 0.328 e. The molecule has 22 heteroatoms. The second kappa shape index (κ2) is 31.9. The van der Waals surface area contributed by atoms with Crippen molar-refractivity contribution < 1.29 is 68.9 Å². The normalized spacial score (nSPS) is 14.0. The van der Waals surface area contributed by atoms with E-state index in [9.17, 15) is 28.8 Å². The molecule has 0 saturated carbocycles. The van der Waals surface area contributed by atoms with E-state index in [-0.39, 0.29) is 0 Å². The van der Waals surface area contributed by atoms with Gasteiger partial charge in [0.25, 0.3) is 0 Å². The van der Waals surface area contributed by atoms with Crippen LogP contribution in [0.1, 0.15) is 51.2 Å². The van der Waals surface area contributed by atoms with E-state index in [1.807, 2.05) is 50.5 Å². The number of hydrogen-bond acceptors (Lipinski definition) is 14. The third-order valence-corrected chi connectivity index (χ3v) is 9.46. The molecule has 0 aliphatic carbocycles. The van der Waals surface area contributed by atoms with Crippen LogP contribution in [0, 0.1) is 11.8 Å². The van der Waals surface area contributed by atoms with Crippen molar-refractivity contribution >= 4 is 58.1 Å². The number of carbonyl (C=O) groups is 6. The van der Waals surface area contributed by atoms with Gasteiger partial charge in [0, 0.05) is 88.0 Å². The number of aromatic nitrogens is 6. The number of hydrogen-bond donors (Lipinski definition) is 8. The predicted molar refractivity (Wildman–Crippen MR) is 240 cm³/mol. The van der Waals surface area contributed by atoms with Gasteiger partial charge in [-0.05, 0) is 102 Å². The second-order valence-electron chi connectivity index (χ2n) is 14.3. The van der Waals surface area contributed by atoms with Gasteiger partial charge in [-0.25, -0.2) is 48.7 Å². The Morgan fingerprint density at radius 1 is 0.561 bits per heavy atom. The fourth-order valence-corrected chi connectivity index (χ4v) is 6.51. The molecule has 0 spiro atoms. The van der Waals surface area contributed by atoms with Gasteiger partial charge in [0.15, 0.2) is 11.3 Å². The molecule has 4 aromatic rings. The minimum atomic E-state index is -1.26. The largest absolute Gasteiger partial charge is 0.478 e. The molecule has 360 valence electrons. The number of fused-ring (bicyclic) bond motifs is 2. The zero-order valence-electron chi connectivity index (χ0n) is 37.0. The zero-order valence-corrected chi connectivity index (χ0v) is 37.0. The van der Waals surface area contributed by atoms with Crippen molar-refractivity contribution in [2.75, 3.05) is 52.6 Å². The standard InChI is InChI=1S/2C16H24N4O.3C4H4O4/c2*1-2-21-11-10-20-15(12-13-5-8-17-9-6-13)19-14-4-3-7-18-16(14)20;3*5-3(6)1-2-4(7)8/h2*3-4,7,13,17H,2,5-6,8-12H2,1H3;3*1-2H,(H,5,6)(H,7,8). The van der Waals surface area contributed by atoms with E-state index in [0.29, 0.717) is 36.5 Å². The van der Waals surface area contributed by atoms with E-state index in [1.165, 1.54) is 25.7 Å². The van der Waals surface area contributed by atoms with Crippen LogP contribution < -0.4 is 10.6 Å². The first kappa shape index (κ1) is 55.3. The number of nitrogens with zero attached hydrogens (tertiary/aromatic N) is 6. The maximum atomic E-state index is 9.55. The van der Waals surface area contributed by atoms with Gasteiger partial charge in [-0.2, -0.15) is 0 Å². The van der Waals surface area contributed by atoms with Crippen molar-refractivity contribution in [3.63, 3.8) is 0 Å². The number of ether oxygens (including phenoxy) is 2. The van der Waals surface area contributed by atoms with Crippen molar-refractivity contribution in [1.29, 1.82) is 0 Å². The molecule has 0 radical (unpaired) electrons. The quantitative estimate of drug-likeness (QED) is 0.0525. The topological polar surface area (TPSA) is 328 Å². The summed E-state index contributed by atoms with van der Waals surface area (Å²) in [5, 5.41) is 53.7. The van der Waals surface area contributed by atoms with Gasteiger partial charge in [-0.15, -0.1) is 0 Å². The summed E-state index contributed by atoms with van der Waals surface area (Å²) in [5.41, 5.74) is 3.97. The summed E-state index contributed by atoms with van der Waals surface area (Å²) in [7, 11) is 0. The van der Waals surface area contributed by atoms with E-state index in [1.54, 1.807) is 0 Å². The summed E-state index contributed by atoms with van der Waals surface area (Å²) in [6.07, 6.45) is 14.1. The number of rotatable bonds is 18. The fourth-order valence-electron chi connectivity index (χ4n) is 6.51. The van der Waals surface area contributed by atoms with Crippen molar-refractivity contribution in [2.45, 2.75) is 65.5 Å². The first-order valence-electron chi connectivity index (χ1n) is 21.2. The SMILES string of the molecule is CCOCCn1c(CC2CCNCC2)nc2cccnc21.CCOCCn1c(CC2CCNCC2)nc2cccnc21.O=C(O)C=CC(=O)O.O=C(O)C=CC(=O)O.O=C(O)C=CC(=O)O. The van der Waals surface area contributed by atoms with Gasteiger partial charge in [-0.3, -0.25) is 0 Å². The Kier molecular flexibility index (Phi) is 26.7. The Hall–Kier alpha value is -6.88. The molecular formula is C44H60N8O14. The van der Waals surface area contributed by atoms with E-state index < -0.39 is 35.8 Å². The highest BCUT2D eigenvalue weighted by Crippen LogP contribution is 2.22. The molecule has 66 heavy (non-hydrogen) atoms. The lowest BCUT2D eigenvalue weighted by Gasteiger charge is -2.22. The molecule has 8 N–H and O–H groups in total. The van der Waals surface area contributed by atoms with Crippen LogP contribution in [0.15, 0.2) is 73.1 Å². The van der Waals surface area contributed by atoms with Crippen LogP contribution in [-0.2, 0) is 64.2 Å². The average molecular weight is 925 g/mol. The van der Waals surface area contributed by atoms with Crippen molar-refractivity contribution in [3.05, 3.63) is 84.8 Å². The molecule has 0 amide bonds. The maximum Gasteiger partial charge on any atom is 0.328 e. The fraction of sp³-hybridized carbons (Fsp3) is 0.455. The predicted octanol–water partition coefficient (Wildman–Crippen LogP) is 3.16. The molecular weight excluding hydrogens is 865 g/mol. The van der Waals surface area contributed by atoms with E-state index >= 15 is 0 Å². The van der Waals surface area contributed by atoms with Crippen LogP contribution in [0.4, 0.5) is 0 Å². The molecule has 2 aliphatic heterocycles. The summed E-state index contributed by atoms with van der Waals surface area (Å²) in [6.45, 7) is 13.2. The highest BCUT2D eigenvalue weighted by atomic mass is 16.5. The van der Waals surface area contributed by atoms with Gasteiger partial charge in [0.2, 0.25) is 0 Å². The molecule has 0 unspecified atom stereocenters. The Labute approximate surface area is 380 Å². The molecule has 6 heterocycles. The Balaban J connectivity index is 0.000000309. The number of piperidine rings is 2. The molecule has 2 saturated heterocycles. The van der Waals surface area contributed by atoms with E-state index in [4.69, 9.17) is 50.1 Å². The van der Waals surface area contributed by atoms with Gasteiger partial charge in [-0.1, -0.05) is 0 Å². The number of nitrogens with one attached hydrogen (secondary N) is 2. The lowest BCUT2D eigenvalue weighted by Crippen LogP contribution is -2.29. The van der Waals surface area contributed by atoms with E-state index in [2.05, 4.69) is 29.7 Å². The van der Waals surface area contributed by atoms with Crippen LogP contribution in [0.25, 0.3) is 22.3 Å². The number of aliphatic carboxylic acids is 6. The lowest BCUT2D eigenvalue weighted by atomic mass is 9.94. The summed E-state index contributed by atoms with van der Waals surface area (Å²) in [4.78, 5) is 76.0. The molecule has 0 aromatic carbocycles. The Morgan fingerprint density at radius 2 is 0.864 bits per heavy atom. The zero-order chi connectivity index (χ0) is 48.7. The van der Waals surface area contributed by atoms with Crippen LogP contribution >= 0.6 is 0 Å². The molecule has 22 nitrogen and oxygen atoms in total. The Morgan fingerprint density at radius 3 is 1.14 bits per heavy atom. The van der Waals surface area contributed by atoms with Gasteiger partial charge in [0.1, 0.15) is 22.7 Å². The summed E-state index contributed by atoms with van der Waals surface area (Å²) < 4.78 is 15.5. The van der Waals surface area contributed by atoms with E-state index in [0.717, 1.165) is 124 Å². The number of pyridine rings is 2. The number of carboxylic acids is 6. The molecule has 0 atom stereocenters. The van der Waals surface area contributed by atoms with Gasteiger partial charge in [0.05, 0.1) is 13.2 Å². The third kappa shape index (κ3) is 23.2. The molecule has 4 aromatic heterocycles. The maximum absolute atomic E-state index is 9.55. The molecule has 2 fully saturated rings. The minimum absolute atomic E-state index is 0.558. The lowest BCUT2D eigenvalue weighted by molar-refractivity contribution is -0.134. The molecule has 0 bridgehead atoms. The first-order chi connectivity index (χ1) is 31.6. The number of imidazole rings is 2. The van der Waals surface area contributed by atoms with Gasteiger partial charge >= 0.3 is 35.8 Å². The minimum Gasteiger partial charge on any atom is -0.478 e. The summed E-state index contributed by atoms with van der Waals surface area (Å²) in [6, 6.07) is 8.00.